The van der Waals surface area contributed by atoms with Gasteiger partial charge in [-0.25, -0.2) is 9.79 Å². The van der Waals surface area contributed by atoms with E-state index in [9.17, 15) is 14.9 Å². The number of esters is 1. The van der Waals surface area contributed by atoms with Crippen LogP contribution in [-0.4, -0.2) is 23.4 Å². The zero-order chi connectivity index (χ0) is 25.8. The van der Waals surface area contributed by atoms with E-state index in [2.05, 4.69) is 43.5 Å². The molecule has 1 heterocycles. The molecule has 3 aromatic carbocycles. The van der Waals surface area contributed by atoms with Gasteiger partial charge < -0.3 is 14.2 Å². The van der Waals surface area contributed by atoms with Gasteiger partial charge in [0.05, 0.1) is 15.1 Å². The highest BCUT2D eigenvalue weighted by Gasteiger charge is 2.26. The summed E-state index contributed by atoms with van der Waals surface area (Å²) in [6, 6.07) is 15.5. The molecule has 1 aliphatic rings. The number of aliphatic imine (C=N–C) groups is 1. The van der Waals surface area contributed by atoms with Gasteiger partial charge in [-0.1, -0.05) is 39.7 Å². The monoisotopic (exact) mass is 682 g/mol. The Morgan fingerprint density at radius 2 is 2.00 bits per heavy atom. The molecule has 0 atom stereocenters. The van der Waals surface area contributed by atoms with Gasteiger partial charge in [-0.05, 0) is 83.1 Å². The number of nitro benzene ring substituents is 1. The van der Waals surface area contributed by atoms with Crippen LogP contribution in [0.1, 0.15) is 23.6 Å². The highest BCUT2D eigenvalue weighted by atomic mass is 127. The number of nitro groups is 1. The van der Waals surface area contributed by atoms with E-state index in [0.717, 1.165) is 13.6 Å². The first kappa shape index (κ1) is 26.1. The lowest BCUT2D eigenvalue weighted by atomic mass is 10.1. The molecule has 184 valence electrons. The minimum absolute atomic E-state index is 0.0234. The molecule has 0 aliphatic carbocycles. The summed E-state index contributed by atoms with van der Waals surface area (Å²) in [5.74, 6) is 0.395. The van der Waals surface area contributed by atoms with Gasteiger partial charge >= 0.3 is 5.97 Å². The minimum atomic E-state index is -0.675. The van der Waals surface area contributed by atoms with Gasteiger partial charge in [0, 0.05) is 16.1 Å². The van der Waals surface area contributed by atoms with Crippen LogP contribution < -0.4 is 9.47 Å². The van der Waals surface area contributed by atoms with Crippen LogP contribution in [0.25, 0.3) is 6.08 Å². The molecule has 0 spiro atoms. The first-order valence-corrected chi connectivity index (χ1v) is 12.8. The number of benzene rings is 3. The molecule has 0 unspecified atom stereocenters. The second-order valence-electron chi connectivity index (χ2n) is 7.44. The lowest BCUT2D eigenvalue weighted by molar-refractivity contribution is -0.384. The van der Waals surface area contributed by atoms with Crippen molar-refractivity contribution in [3.05, 3.63) is 100 Å². The molecule has 0 N–H and O–H groups in total. The number of rotatable bonds is 8. The van der Waals surface area contributed by atoms with Gasteiger partial charge in [0.15, 0.2) is 17.2 Å². The number of halogens is 3. The van der Waals surface area contributed by atoms with Crippen molar-refractivity contribution in [2.45, 2.75) is 13.5 Å². The first-order valence-electron chi connectivity index (χ1n) is 10.6. The average molecular weight is 684 g/mol. The van der Waals surface area contributed by atoms with Crippen molar-refractivity contribution < 1.29 is 23.9 Å². The second-order valence-corrected chi connectivity index (χ2v) is 9.93. The molecular weight excluding hydrogens is 667 g/mol. The molecule has 0 aromatic heterocycles. The summed E-state index contributed by atoms with van der Waals surface area (Å²) in [4.78, 5) is 27.3. The van der Waals surface area contributed by atoms with Gasteiger partial charge in [0.2, 0.25) is 5.90 Å². The van der Waals surface area contributed by atoms with Crippen molar-refractivity contribution in [2.24, 2.45) is 4.99 Å². The van der Waals surface area contributed by atoms with Crippen molar-refractivity contribution in [1.29, 1.82) is 0 Å². The van der Waals surface area contributed by atoms with E-state index in [0.29, 0.717) is 30.3 Å². The molecule has 0 bridgehead atoms. The molecular formula is C25H17BrClIN2O6. The fraction of sp³-hybridized carbons (Fsp3) is 0.120. The molecule has 0 radical (unpaired) electrons. The standard InChI is InChI=1S/C25H17BrClIN2O6/c1-2-34-22-11-15(9-19(28)23(22)35-13-14-4-3-5-17(26)8-14)10-20-25(31)36-24(29-20)16-6-7-18(27)21(12-16)30(32)33/h3-12H,2,13H2,1H3/b20-10-. The quantitative estimate of drug-likeness (QED) is 0.0839. The zero-order valence-corrected chi connectivity index (χ0v) is 23.2. The normalized spacial score (nSPS) is 13.9. The average Bonchev–Trinajstić information content (AvgIpc) is 3.19. The van der Waals surface area contributed by atoms with Gasteiger partial charge in [-0.2, -0.15) is 0 Å². The highest BCUT2D eigenvalue weighted by Crippen LogP contribution is 2.36. The Bertz CT molecular complexity index is 1430. The fourth-order valence-corrected chi connectivity index (χ4v) is 4.75. The summed E-state index contributed by atoms with van der Waals surface area (Å²) in [5, 5.41) is 11.2. The Morgan fingerprint density at radius 1 is 1.19 bits per heavy atom. The summed E-state index contributed by atoms with van der Waals surface area (Å²) < 4.78 is 18.9. The van der Waals surface area contributed by atoms with Gasteiger partial charge in [0.25, 0.3) is 5.69 Å². The molecule has 11 heteroatoms. The molecule has 1 aliphatic heterocycles. The second kappa shape index (κ2) is 11.4. The molecule has 8 nitrogen and oxygen atoms in total. The number of ether oxygens (including phenoxy) is 3. The minimum Gasteiger partial charge on any atom is -0.490 e. The molecule has 0 saturated heterocycles. The van der Waals surface area contributed by atoms with E-state index in [1.165, 1.54) is 18.2 Å². The van der Waals surface area contributed by atoms with E-state index in [1.54, 1.807) is 12.1 Å². The number of carbonyl (C=O) groups excluding carboxylic acids is 1. The van der Waals surface area contributed by atoms with E-state index in [-0.39, 0.29) is 27.9 Å². The van der Waals surface area contributed by atoms with Gasteiger partial charge in [-0.15, -0.1) is 0 Å². The number of nitrogens with zero attached hydrogens (tertiary/aromatic N) is 2. The largest absolute Gasteiger partial charge is 0.490 e. The van der Waals surface area contributed by atoms with E-state index < -0.39 is 10.9 Å². The SMILES string of the molecule is CCOc1cc(/C=C2\N=C(c3ccc(Cl)c([N+](=O)[O-])c3)OC2=O)cc(I)c1OCc1cccc(Br)c1. The van der Waals surface area contributed by atoms with Crippen molar-refractivity contribution in [3.8, 4) is 11.5 Å². The molecule has 0 fully saturated rings. The van der Waals surface area contributed by atoms with E-state index in [4.69, 9.17) is 25.8 Å². The fourth-order valence-electron chi connectivity index (χ4n) is 3.33. The Labute approximate surface area is 233 Å². The van der Waals surface area contributed by atoms with Gasteiger partial charge in [0.1, 0.15) is 11.6 Å². The third kappa shape index (κ3) is 6.05. The number of hydrogen-bond acceptors (Lipinski definition) is 7. The molecule has 36 heavy (non-hydrogen) atoms. The summed E-state index contributed by atoms with van der Waals surface area (Å²) in [5.41, 5.74) is 1.65. The third-order valence-electron chi connectivity index (χ3n) is 4.92. The van der Waals surface area contributed by atoms with Crippen LogP contribution in [0.2, 0.25) is 5.02 Å². The number of carbonyl (C=O) groups is 1. The number of hydrogen-bond donors (Lipinski definition) is 0. The van der Waals surface area contributed by atoms with Crippen LogP contribution in [0, 0.1) is 13.7 Å². The van der Waals surface area contributed by atoms with Crippen LogP contribution in [0.4, 0.5) is 5.69 Å². The Kier molecular flexibility index (Phi) is 8.27. The molecule has 0 amide bonds. The Balaban J connectivity index is 1.63. The maximum Gasteiger partial charge on any atom is 0.363 e. The van der Waals surface area contributed by atoms with Crippen LogP contribution >= 0.6 is 50.1 Å². The molecule has 3 aromatic rings. The number of cyclic esters (lactones) is 1. The highest BCUT2D eigenvalue weighted by molar-refractivity contribution is 14.1. The van der Waals surface area contributed by atoms with Crippen molar-refractivity contribution in [3.63, 3.8) is 0 Å². The molecule has 0 saturated carbocycles. The smallest absolute Gasteiger partial charge is 0.363 e. The topological polar surface area (TPSA) is 100 Å². The predicted molar refractivity (Wildman–Crippen MR) is 148 cm³/mol. The van der Waals surface area contributed by atoms with Crippen LogP contribution in [-0.2, 0) is 16.1 Å². The van der Waals surface area contributed by atoms with Crippen molar-refractivity contribution in [1.82, 2.24) is 0 Å². The van der Waals surface area contributed by atoms with E-state index in [1.807, 2.05) is 37.3 Å². The van der Waals surface area contributed by atoms with Crippen LogP contribution in [0.3, 0.4) is 0 Å². The van der Waals surface area contributed by atoms with Crippen LogP contribution in [0.15, 0.2) is 69.8 Å². The predicted octanol–water partition coefficient (Wildman–Crippen LogP) is 6.94. The Morgan fingerprint density at radius 3 is 2.72 bits per heavy atom. The van der Waals surface area contributed by atoms with Crippen molar-refractivity contribution >= 4 is 73.8 Å². The van der Waals surface area contributed by atoms with Crippen molar-refractivity contribution in [2.75, 3.05) is 6.61 Å². The molecule has 4 rings (SSSR count). The van der Waals surface area contributed by atoms with E-state index >= 15 is 0 Å². The van der Waals surface area contributed by atoms with Crippen LogP contribution in [0.5, 0.6) is 11.5 Å². The summed E-state index contributed by atoms with van der Waals surface area (Å²) in [6.45, 7) is 2.64. The lowest BCUT2D eigenvalue weighted by Gasteiger charge is -2.15. The first-order chi connectivity index (χ1) is 17.2. The lowest BCUT2D eigenvalue weighted by Crippen LogP contribution is -2.06. The maximum absolute atomic E-state index is 12.5. The summed E-state index contributed by atoms with van der Waals surface area (Å²) >= 11 is 11.5. The summed E-state index contributed by atoms with van der Waals surface area (Å²) in [6.07, 6.45) is 1.56. The Hall–Kier alpha value is -2.96. The third-order valence-corrected chi connectivity index (χ3v) is 6.53. The zero-order valence-electron chi connectivity index (χ0n) is 18.7. The van der Waals surface area contributed by atoms with Gasteiger partial charge in [-0.3, -0.25) is 10.1 Å². The maximum atomic E-state index is 12.5. The summed E-state index contributed by atoms with van der Waals surface area (Å²) in [7, 11) is 0.